The summed E-state index contributed by atoms with van der Waals surface area (Å²) in [4.78, 5) is 72.0. The highest BCUT2D eigenvalue weighted by Crippen LogP contribution is 2.57. The summed E-state index contributed by atoms with van der Waals surface area (Å²) in [5.41, 5.74) is 0. The van der Waals surface area contributed by atoms with Crippen molar-refractivity contribution in [3.05, 3.63) is 0 Å². The van der Waals surface area contributed by atoms with Gasteiger partial charge in [-0.05, 0) is 94.3 Å². The van der Waals surface area contributed by atoms with Gasteiger partial charge in [0.2, 0.25) is 29.5 Å². The molecule has 4 aliphatic carbocycles. The van der Waals surface area contributed by atoms with Crippen LogP contribution in [0.25, 0.3) is 0 Å². The van der Waals surface area contributed by atoms with Gasteiger partial charge in [0, 0.05) is 19.6 Å². The zero-order valence-electron chi connectivity index (χ0n) is 22.4. The number of fused-ring (bicyclic) bond motifs is 10. The number of hydrogen-bond acceptors (Lipinski definition) is 5. The second-order valence-electron chi connectivity index (χ2n) is 13.4. The van der Waals surface area contributed by atoms with Gasteiger partial charge in [-0.15, -0.1) is 0 Å². The van der Waals surface area contributed by atoms with Crippen molar-refractivity contribution < 1.29 is 24.0 Å². The highest BCUT2D eigenvalue weighted by molar-refractivity contribution is 6.09. The standard InChI is InChI=1S/C30H41N3O5/c34-26(31-12-4-1-2-5-13-31)21(33-29(37)24-19-10-11-20(16-19)25(24)30(33)38)7-3-6-14-32-27(35)22-17-8-9-18(15-17)23(22)28(32)36/h17-25H,1-16H2/t17-,18-,19-,20-,21-,22-,23+,24-,25-/m0/s1. The Bertz CT molecular complexity index is 994. The minimum atomic E-state index is -0.752. The van der Waals surface area contributed by atoms with E-state index in [-0.39, 0.29) is 53.2 Å². The third-order valence-electron chi connectivity index (χ3n) is 11.6. The summed E-state index contributed by atoms with van der Waals surface area (Å²) in [7, 11) is 0. The molecule has 0 radical (unpaired) electrons. The largest absolute Gasteiger partial charge is 0.341 e. The average molecular weight is 524 g/mol. The number of amides is 5. The lowest BCUT2D eigenvalue weighted by atomic mass is 9.81. The number of hydrogen-bond donors (Lipinski definition) is 0. The quantitative estimate of drug-likeness (QED) is 0.378. The van der Waals surface area contributed by atoms with Gasteiger partial charge in [-0.2, -0.15) is 0 Å². The van der Waals surface area contributed by atoms with E-state index in [0.717, 1.165) is 64.2 Å². The molecule has 0 spiro atoms. The SMILES string of the molecule is O=C([C@H](CCCCN1C(=O)[C@@H]2[C@H]3CC[C@@H](C3)[C@@H]2C1=O)N1C(=O)[C@H]2[C@H]3CC[C@@H](C3)[C@@H]2C1=O)N1CCCCCC1. The van der Waals surface area contributed by atoms with Gasteiger partial charge in [-0.25, -0.2) is 0 Å². The molecule has 0 unspecified atom stereocenters. The van der Waals surface area contributed by atoms with Crippen LogP contribution in [0.1, 0.15) is 83.5 Å². The van der Waals surface area contributed by atoms with E-state index in [9.17, 15) is 24.0 Å². The van der Waals surface area contributed by atoms with Crippen molar-refractivity contribution in [1.82, 2.24) is 14.7 Å². The first-order chi connectivity index (χ1) is 18.5. The first-order valence-corrected chi connectivity index (χ1v) is 15.5. The average Bonchev–Trinajstić information content (AvgIpc) is 3.74. The summed E-state index contributed by atoms with van der Waals surface area (Å²) in [5, 5.41) is 0. The van der Waals surface area contributed by atoms with E-state index >= 15 is 0 Å². The van der Waals surface area contributed by atoms with Gasteiger partial charge in [0.15, 0.2) is 0 Å². The molecule has 0 aromatic heterocycles. The van der Waals surface area contributed by atoms with Crippen molar-refractivity contribution in [1.29, 1.82) is 0 Å². The molecule has 0 aromatic rings. The van der Waals surface area contributed by atoms with Crippen LogP contribution in [0.3, 0.4) is 0 Å². The number of carbonyl (C=O) groups excluding carboxylic acids is 5. The number of nitrogens with zero attached hydrogens (tertiary/aromatic N) is 3. The molecule has 0 aromatic carbocycles. The van der Waals surface area contributed by atoms with Gasteiger partial charge >= 0.3 is 0 Å². The van der Waals surface area contributed by atoms with Crippen molar-refractivity contribution >= 4 is 29.5 Å². The third kappa shape index (κ3) is 3.64. The molecule has 4 bridgehead atoms. The maximum atomic E-state index is 13.9. The Kier molecular flexibility index (Phi) is 6.15. The number of imide groups is 2. The fraction of sp³-hybridized carbons (Fsp3) is 0.833. The lowest BCUT2D eigenvalue weighted by Gasteiger charge is -2.32. The zero-order valence-corrected chi connectivity index (χ0v) is 22.4. The Hall–Kier alpha value is -2.25. The summed E-state index contributed by atoms with van der Waals surface area (Å²) in [5.74, 6) is 0.391. The lowest BCUT2D eigenvalue weighted by Crippen LogP contribution is -2.52. The summed E-state index contributed by atoms with van der Waals surface area (Å²) in [6.45, 7) is 1.75. The summed E-state index contributed by atoms with van der Waals surface area (Å²) < 4.78 is 0. The van der Waals surface area contributed by atoms with Gasteiger partial charge in [-0.1, -0.05) is 12.8 Å². The van der Waals surface area contributed by atoms with Crippen LogP contribution in [-0.4, -0.2) is 69.9 Å². The van der Waals surface area contributed by atoms with Gasteiger partial charge in [0.1, 0.15) is 6.04 Å². The Balaban J connectivity index is 1.04. The minimum Gasteiger partial charge on any atom is -0.341 e. The monoisotopic (exact) mass is 523 g/mol. The molecular formula is C30H41N3O5. The smallest absolute Gasteiger partial charge is 0.245 e. The van der Waals surface area contributed by atoms with E-state index in [2.05, 4.69) is 0 Å². The molecule has 3 heterocycles. The predicted molar refractivity (Wildman–Crippen MR) is 137 cm³/mol. The Morgan fingerprint density at radius 1 is 0.658 bits per heavy atom. The van der Waals surface area contributed by atoms with Crippen molar-refractivity contribution in [2.45, 2.75) is 89.5 Å². The Morgan fingerprint density at radius 3 is 1.63 bits per heavy atom. The summed E-state index contributed by atoms with van der Waals surface area (Å²) in [6.07, 6.45) is 11.9. The fourth-order valence-corrected chi connectivity index (χ4v) is 9.90. The van der Waals surface area contributed by atoms with Crippen molar-refractivity contribution in [3.8, 4) is 0 Å². The molecule has 7 rings (SSSR count). The zero-order chi connectivity index (χ0) is 26.1. The molecule has 0 N–H and O–H groups in total. The van der Waals surface area contributed by atoms with Crippen molar-refractivity contribution in [2.24, 2.45) is 47.3 Å². The van der Waals surface area contributed by atoms with Crippen LogP contribution in [0.4, 0.5) is 0 Å². The van der Waals surface area contributed by atoms with Gasteiger partial charge < -0.3 is 4.90 Å². The summed E-state index contributed by atoms with van der Waals surface area (Å²) in [6, 6.07) is -0.752. The number of unbranched alkanes of at least 4 members (excludes halogenated alkanes) is 1. The molecule has 9 atom stereocenters. The van der Waals surface area contributed by atoms with Crippen molar-refractivity contribution in [3.63, 3.8) is 0 Å². The minimum absolute atomic E-state index is 0.0117. The highest BCUT2D eigenvalue weighted by atomic mass is 16.2. The molecule has 38 heavy (non-hydrogen) atoms. The van der Waals surface area contributed by atoms with Crippen molar-refractivity contribution in [2.75, 3.05) is 19.6 Å². The van der Waals surface area contributed by atoms with Crippen LogP contribution in [-0.2, 0) is 24.0 Å². The van der Waals surface area contributed by atoms with Crippen LogP contribution in [0.5, 0.6) is 0 Å². The highest BCUT2D eigenvalue weighted by Gasteiger charge is 2.63. The van der Waals surface area contributed by atoms with Gasteiger partial charge in [-0.3, -0.25) is 33.8 Å². The van der Waals surface area contributed by atoms with Gasteiger partial charge in [0.25, 0.3) is 0 Å². The molecule has 7 aliphatic rings. The van der Waals surface area contributed by atoms with E-state index in [4.69, 9.17) is 0 Å². The van der Waals surface area contributed by atoms with Crippen LogP contribution in [0, 0.1) is 47.3 Å². The van der Waals surface area contributed by atoms with E-state index in [1.165, 1.54) is 9.80 Å². The lowest BCUT2D eigenvalue weighted by molar-refractivity contribution is -0.152. The number of carbonyl (C=O) groups is 5. The normalized spacial score (nSPS) is 40.4. The molecule has 8 heteroatoms. The first-order valence-electron chi connectivity index (χ1n) is 15.5. The number of likely N-dealkylation sites (tertiary alicyclic amines) is 3. The molecular weight excluding hydrogens is 482 g/mol. The Labute approximate surface area is 224 Å². The predicted octanol–water partition coefficient (Wildman–Crippen LogP) is 2.99. The molecule has 206 valence electrons. The first kappa shape index (κ1) is 24.8. The fourth-order valence-electron chi connectivity index (χ4n) is 9.90. The van der Waals surface area contributed by atoms with Crippen LogP contribution >= 0.6 is 0 Å². The molecule has 3 saturated heterocycles. The van der Waals surface area contributed by atoms with Crippen LogP contribution < -0.4 is 0 Å². The number of rotatable bonds is 7. The van der Waals surface area contributed by atoms with E-state index in [0.29, 0.717) is 62.6 Å². The maximum absolute atomic E-state index is 13.9. The molecule has 4 saturated carbocycles. The van der Waals surface area contributed by atoms with Crippen LogP contribution in [0.15, 0.2) is 0 Å². The second-order valence-corrected chi connectivity index (χ2v) is 13.4. The molecule has 7 fully saturated rings. The topological polar surface area (TPSA) is 95.1 Å². The van der Waals surface area contributed by atoms with E-state index < -0.39 is 6.04 Å². The van der Waals surface area contributed by atoms with E-state index in [1.807, 2.05) is 4.90 Å². The van der Waals surface area contributed by atoms with Gasteiger partial charge in [0.05, 0.1) is 23.7 Å². The third-order valence-corrected chi connectivity index (χ3v) is 11.6. The second kappa shape index (κ2) is 9.44. The van der Waals surface area contributed by atoms with E-state index in [1.54, 1.807) is 0 Å². The van der Waals surface area contributed by atoms with Crippen LogP contribution in [0.2, 0.25) is 0 Å². The molecule has 5 amide bonds. The molecule has 8 nitrogen and oxygen atoms in total. The summed E-state index contributed by atoms with van der Waals surface area (Å²) >= 11 is 0. The Morgan fingerprint density at radius 2 is 1.13 bits per heavy atom. The maximum Gasteiger partial charge on any atom is 0.245 e. The molecule has 3 aliphatic heterocycles.